The van der Waals surface area contributed by atoms with Crippen molar-refractivity contribution in [3.63, 3.8) is 0 Å². The van der Waals surface area contributed by atoms with Crippen LogP contribution in [0.25, 0.3) is 0 Å². The van der Waals surface area contributed by atoms with Crippen LogP contribution in [0.5, 0.6) is 0 Å². The summed E-state index contributed by atoms with van der Waals surface area (Å²) in [7, 11) is 0. The Kier molecular flexibility index (Phi) is 5.00. The average molecular weight is 266 g/mol. The van der Waals surface area contributed by atoms with E-state index in [9.17, 15) is 14.9 Å². The molecule has 0 amide bonds. The van der Waals surface area contributed by atoms with Gasteiger partial charge in [-0.25, -0.2) is 0 Å². The molecule has 1 aromatic carbocycles. The second-order valence-corrected chi connectivity index (χ2v) is 4.76. The summed E-state index contributed by atoms with van der Waals surface area (Å²) in [5, 5.41) is 23.0. The zero-order valence-electron chi connectivity index (χ0n) is 11.2. The zero-order valence-corrected chi connectivity index (χ0v) is 11.2. The van der Waals surface area contributed by atoms with Crippen molar-refractivity contribution in [2.24, 2.45) is 5.92 Å². The van der Waals surface area contributed by atoms with Gasteiger partial charge in [0.1, 0.15) is 6.04 Å². The van der Waals surface area contributed by atoms with Crippen molar-refractivity contribution in [3.8, 4) is 0 Å². The molecule has 0 spiro atoms. The number of carbonyl (C=O) groups is 1. The molecule has 0 aliphatic carbocycles. The Morgan fingerprint density at radius 2 is 1.89 bits per heavy atom. The van der Waals surface area contributed by atoms with Crippen LogP contribution in [0.1, 0.15) is 32.4 Å². The van der Waals surface area contributed by atoms with Gasteiger partial charge in [-0.1, -0.05) is 32.0 Å². The highest BCUT2D eigenvalue weighted by molar-refractivity contribution is 5.73. The van der Waals surface area contributed by atoms with E-state index < -0.39 is 23.0 Å². The Bertz CT molecular complexity index is 473. The topological polar surface area (TPSA) is 92.5 Å². The molecule has 0 aliphatic heterocycles. The molecule has 0 fully saturated rings. The lowest BCUT2D eigenvalue weighted by atomic mass is 10.0. The summed E-state index contributed by atoms with van der Waals surface area (Å²) in [6.45, 7) is 5.30. The number of para-hydroxylation sites is 1. The molecular formula is C13H18N2O4. The first-order chi connectivity index (χ1) is 8.84. The predicted molar refractivity (Wildman–Crippen MR) is 70.9 cm³/mol. The van der Waals surface area contributed by atoms with Gasteiger partial charge in [-0.15, -0.1) is 0 Å². The Morgan fingerprint density at radius 1 is 1.32 bits per heavy atom. The van der Waals surface area contributed by atoms with Gasteiger partial charge in [-0.3, -0.25) is 20.2 Å². The third kappa shape index (κ3) is 3.75. The smallest absolute Gasteiger partial charge is 0.320 e. The standard InChI is InChI=1S/C13H18N2O4/c1-8(2)12(13(16)17)14-9(3)10-6-4-5-7-11(10)15(18)19/h4-9,12,14H,1-3H3,(H,16,17). The van der Waals surface area contributed by atoms with E-state index in [0.29, 0.717) is 5.56 Å². The molecule has 1 rings (SSSR count). The summed E-state index contributed by atoms with van der Waals surface area (Å²) in [5.41, 5.74) is 0.481. The van der Waals surface area contributed by atoms with Crippen LogP contribution >= 0.6 is 0 Å². The van der Waals surface area contributed by atoms with Gasteiger partial charge in [0.05, 0.1) is 4.92 Å². The Balaban J connectivity index is 2.97. The minimum absolute atomic E-state index is 0.00426. The minimum atomic E-state index is -0.958. The molecule has 6 heteroatoms. The minimum Gasteiger partial charge on any atom is -0.480 e. The van der Waals surface area contributed by atoms with Crippen molar-refractivity contribution < 1.29 is 14.8 Å². The molecule has 2 N–H and O–H groups in total. The van der Waals surface area contributed by atoms with Gasteiger partial charge in [0.2, 0.25) is 0 Å². The fourth-order valence-electron chi connectivity index (χ4n) is 1.93. The number of carboxylic acids is 1. The Hall–Kier alpha value is -1.95. The van der Waals surface area contributed by atoms with Crippen LogP contribution in [0.15, 0.2) is 24.3 Å². The van der Waals surface area contributed by atoms with Crippen molar-refractivity contribution in [3.05, 3.63) is 39.9 Å². The third-order valence-electron chi connectivity index (χ3n) is 2.96. The second-order valence-electron chi connectivity index (χ2n) is 4.76. The van der Waals surface area contributed by atoms with E-state index in [4.69, 9.17) is 5.11 Å². The highest BCUT2D eigenvalue weighted by atomic mass is 16.6. The number of benzene rings is 1. The summed E-state index contributed by atoms with van der Waals surface area (Å²) in [6, 6.07) is 5.19. The van der Waals surface area contributed by atoms with Crippen LogP contribution in [0.2, 0.25) is 0 Å². The molecule has 0 saturated carbocycles. The van der Waals surface area contributed by atoms with Crippen LogP contribution in [0.4, 0.5) is 5.69 Å². The maximum Gasteiger partial charge on any atom is 0.320 e. The molecule has 0 saturated heterocycles. The van der Waals surface area contributed by atoms with Crippen LogP contribution < -0.4 is 5.32 Å². The van der Waals surface area contributed by atoms with E-state index in [1.54, 1.807) is 39.0 Å². The number of hydrogen-bond acceptors (Lipinski definition) is 4. The van der Waals surface area contributed by atoms with Crippen molar-refractivity contribution in [2.75, 3.05) is 0 Å². The van der Waals surface area contributed by atoms with Crippen LogP contribution in [-0.4, -0.2) is 22.0 Å². The molecule has 0 aromatic heterocycles. The molecule has 0 aliphatic rings. The third-order valence-corrected chi connectivity index (χ3v) is 2.96. The molecule has 1 aromatic rings. The van der Waals surface area contributed by atoms with E-state index >= 15 is 0 Å². The van der Waals surface area contributed by atoms with Gasteiger partial charge in [-0.2, -0.15) is 0 Å². The van der Waals surface area contributed by atoms with Crippen molar-refractivity contribution in [1.29, 1.82) is 0 Å². The summed E-state index contributed by atoms with van der Waals surface area (Å²) < 4.78 is 0. The molecule has 19 heavy (non-hydrogen) atoms. The molecule has 104 valence electrons. The number of hydrogen-bond donors (Lipinski definition) is 2. The first kappa shape index (κ1) is 15.1. The second kappa shape index (κ2) is 6.29. The van der Waals surface area contributed by atoms with Gasteiger partial charge in [0, 0.05) is 17.7 Å². The van der Waals surface area contributed by atoms with Gasteiger partial charge in [0.15, 0.2) is 0 Å². The summed E-state index contributed by atoms with van der Waals surface area (Å²) in [5.74, 6) is -1.07. The number of nitro benzene ring substituents is 1. The number of carboxylic acid groups (broad SMARTS) is 1. The van der Waals surface area contributed by atoms with E-state index in [1.807, 2.05) is 0 Å². The SMILES string of the molecule is CC(NC(C(=O)O)C(C)C)c1ccccc1[N+](=O)[O-]. The van der Waals surface area contributed by atoms with Gasteiger partial charge >= 0.3 is 5.97 Å². The van der Waals surface area contributed by atoms with Gasteiger partial charge < -0.3 is 5.11 Å². The number of nitrogens with zero attached hydrogens (tertiary/aromatic N) is 1. The number of nitro groups is 1. The highest BCUT2D eigenvalue weighted by Crippen LogP contribution is 2.25. The van der Waals surface area contributed by atoms with Crippen LogP contribution in [-0.2, 0) is 4.79 Å². The van der Waals surface area contributed by atoms with Crippen molar-refractivity contribution in [2.45, 2.75) is 32.9 Å². The van der Waals surface area contributed by atoms with E-state index in [-0.39, 0.29) is 11.6 Å². The van der Waals surface area contributed by atoms with Crippen molar-refractivity contribution in [1.82, 2.24) is 5.32 Å². The molecule has 0 radical (unpaired) electrons. The van der Waals surface area contributed by atoms with E-state index in [0.717, 1.165) is 0 Å². The highest BCUT2D eigenvalue weighted by Gasteiger charge is 2.26. The summed E-state index contributed by atoms with van der Waals surface area (Å²) in [6.07, 6.45) is 0. The number of nitrogens with one attached hydrogen (secondary N) is 1. The Labute approximate surface area is 111 Å². The van der Waals surface area contributed by atoms with Crippen LogP contribution in [0, 0.1) is 16.0 Å². The van der Waals surface area contributed by atoms with E-state index in [2.05, 4.69) is 5.32 Å². The maximum absolute atomic E-state index is 11.1. The monoisotopic (exact) mass is 266 g/mol. The molecule has 2 atom stereocenters. The quantitative estimate of drug-likeness (QED) is 0.609. The number of rotatable bonds is 6. The first-order valence-electron chi connectivity index (χ1n) is 6.06. The lowest BCUT2D eigenvalue weighted by Crippen LogP contribution is -2.42. The largest absolute Gasteiger partial charge is 0.480 e. The molecule has 0 heterocycles. The molecule has 6 nitrogen and oxygen atoms in total. The molecule has 0 bridgehead atoms. The molecule has 2 unspecified atom stereocenters. The predicted octanol–water partition coefficient (Wildman–Crippen LogP) is 2.35. The first-order valence-corrected chi connectivity index (χ1v) is 6.06. The lowest BCUT2D eigenvalue weighted by Gasteiger charge is -2.23. The lowest BCUT2D eigenvalue weighted by molar-refractivity contribution is -0.385. The normalized spacial score (nSPS) is 14.1. The van der Waals surface area contributed by atoms with Crippen LogP contribution in [0.3, 0.4) is 0 Å². The zero-order chi connectivity index (χ0) is 14.6. The average Bonchev–Trinajstić information content (AvgIpc) is 2.34. The fraction of sp³-hybridized carbons (Fsp3) is 0.462. The summed E-state index contributed by atoms with van der Waals surface area (Å²) >= 11 is 0. The van der Waals surface area contributed by atoms with Gasteiger partial charge in [0.25, 0.3) is 5.69 Å². The summed E-state index contributed by atoms with van der Waals surface area (Å²) in [4.78, 5) is 21.6. The Morgan fingerprint density at radius 3 is 2.37 bits per heavy atom. The molecular weight excluding hydrogens is 248 g/mol. The number of aliphatic carboxylic acids is 1. The van der Waals surface area contributed by atoms with Crippen molar-refractivity contribution >= 4 is 11.7 Å². The van der Waals surface area contributed by atoms with Gasteiger partial charge in [-0.05, 0) is 12.8 Å². The fourth-order valence-corrected chi connectivity index (χ4v) is 1.93. The van der Waals surface area contributed by atoms with E-state index in [1.165, 1.54) is 6.07 Å². The maximum atomic E-state index is 11.1.